The summed E-state index contributed by atoms with van der Waals surface area (Å²) in [6.07, 6.45) is 0. The summed E-state index contributed by atoms with van der Waals surface area (Å²) in [6, 6.07) is 79.7. The van der Waals surface area contributed by atoms with Gasteiger partial charge in [-0.15, -0.1) is 24.0 Å². The van der Waals surface area contributed by atoms with Crippen molar-refractivity contribution >= 4 is 51.2 Å². The first-order valence-corrected chi connectivity index (χ1v) is 21.0. The normalized spacial score (nSPS) is 11.1. The lowest BCUT2D eigenvalue weighted by molar-refractivity contribution is 1.28. The second-order valence-electron chi connectivity index (χ2n) is 14.5. The van der Waals surface area contributed by atoms with Gasteiger partial charge in [0.25, 0.3) is 0 Å². The molecule has 0 amide bonds. The van der Waals surface area contributed by atoms with Gasteiger partial charge in [-0.1, -0.05) is 182 Å². The first kappa shape index (κ1) is 36.4. The zero-order chi connectivity index (χ0) is 39.5. The van der Waals surface area contributed by atoms with Gasteiger partial charge in [0.1, 0.15) is 5.01 Å². The summed E-state index contributed by atoms with van der Waals surface area (Å²) < 4.78 is 1.13. The molecular weight excluding hydrogens is 753 g/mol. The summed E-state index contributed by atoms with van der Waals surface area (Å²) >= 11 is 6.99. The van der Waals surface area contributed by atoms with Gasteiger partial charge >= 0.3 is 0 Å². The molecule has 1 aromatic heterocycles. The van der Waals surface area contributed by atoms with Crippen LogP contribution in [0.5, 0.6) is 0 Å². The molecule has 0 bridgehead atoms. The standard InChI is InChI=1S/C55H38N2S2/c58-54-50(42-22-12-4-13-23-42)37-51-53(56-55(59-51)44-24-14-5-15-25-44)52(54)43-28-32-46(33-29-43)57(45-30-26-39(27-31-45)38-16-6-1-7-17-38)47-34-35-48(40-18-8-2-9-19-40)49(36-47)41-20-10-3-11-21-41/h1-37,58H. The fourth-order valence-electron chi connectivity index (χ4n) is 7.93. The van der Waals surface area contributed by atoms with E-state index in [1.807, 2.05) is 6.07 Å². The van der Waals surface area contributed by atoms with E-state index in [-0.39, 0.29) is 0 Å². The first-order valence-electron chi connectivity index (χ1n) is 19.8. The molecule has 4 heteroatoms. The Morgan fingerprint density at radius 2 is 0.780 bits per heavy atom. The largest absolute Gasteiger partial charge is 0.310 e. The molecule has 2 nitrogen and oxygen atoms in total. The molecule has 10 rings (SSSR count). The van der Waals surface area contributed by atoms with Crippen molar-refractivity contribution in [3.05, 3.63) is 224 Å². The molecule has 9 aromatic carbocycles. The lowest BCUT2D eigenvalue weighted by atomic mass is 9.93. The molecule has 59 heavy (non-hydrogen) atoms. The predicted molar refractivity (Wildman–Crippen MR) is 254 cm³/mol. The number of aromatic nitrogens is 1. The van der Waals surface area contributed by atoms with Crippen LogP contribution in [0.25, 0.3) is 76.4 Å². The average molecular weight is 791 g/mol. The van der Waals surface area contributed by atoms with Gasteiger partial charge in [-0.3, -0.25) is 0 Å². The third-order valence-electron chi connectivity index (χ3n) is 10.8. The van der Waals surface area contributed by atoms with E-state index in [2.05, 4.69) is 223 Å². The molecule has 0 aliphatic carbocycles. The van der Waals surface area contributed by atoms with E-state index in [1.165, 1.54) is 33.4 Å². The van der Waals surface area contributed by atoms with Crippen molar-refractivity contribution in [1.29, 1.82) is 0 Å². The van der Waals surface area contributed by atoms with Crippen LogP contribution in [0, 0.1) is 0 Å². The third kappa shape index (κ3) is 7.25. The summed E-state index contributed by atoms with van der Waals surface area (Å²) in [5.74, 6) is 0. The van der Waals surface area contributed by atoms with E-state index >= 15 is 0 Å². The van der Waals surface area contributed by atoms with E-state index < -0.39 is 0 Å². The van der Waals surface area contributed by atoms with Crippen LogP contribution in [0.2, 0.25) is 0 Å². The number of thiazole rings is 1. The Hall–Kier alpha value is -6.98. The van der Waals surface area contributed by atoms with Crippen molar-refractivity contribution in [2.45, 2.75) is 4.90 Å². The molecular formula is C55H38N2S2. The first-order chi connectivity index (χ1) is 29.2. The van der Waals surface area contributed by atoms with Crippen LogP contribution in [-0.2, 0) is 0 Å². The molecule has 1 heterocycles. The van der Waals surface area contributed by atoms with Crippen molar-refractivity contribution in [3.8, 4) is 66.2 Å². The molecule has 0 aliphatic heterocycles. The number of hydrogen-bond acceptors (Lipinski definition) is 4. The van der Waals surface area contributed by atoms with Crippen LogP contribution in [0.1, 0.15) is 0 Å². The van der Waals surface area contributed by atoms with Crippen LogP contribution in [0.15, 0.2) is 229 Å². The highest BCUT2D eigenvalue weighted by atomic mass is 32.1. The van der Waals surface area contributed by atoms with Crippen molar-refractivity contribution in [1.82, 2.24) is 4.98 Å². The minimum atomic E-state index is 0.915. The van der Waals surface area contributed by atoms with Crippen LogP contribution in [-0.4, -0.2) is 4.98 Å². The van der Waals surface area contributed by atoms with Gasteiger partial charge in [-0.25, -0.2) is 4.98 Å². The summed E-state index contributed by atoms with van der Waals surface area (Å²) in [5, 5.41) is 0.995. The predicted octanol–water partition coefficient (Wildman–Crippen LogP) is 16.1. The van der Waals surface area contributed by atoms with E-state index in [4.69, 9.17) is 17.6 Å². The van der Waals surface area contributed by atoms with Gasteiger partial charge in [0, 0.05) is 33.1 Å². The van der Waals surface area contributed by atoms with E-state index in [0.29, 0.717) is 0 Å². The van der Waals surface area contributed by atoms with Crippen LogP contribution >= 0.6 is 24.0 Å². The fraction of sp³-hybridized carbons (Fsp3) is 0. The summed E-state index contributed by atoms with van der Waals surface area (Å²) in [5.41, 5.74) is 16.7. The second-order valence-corrected chi connectivity index (χ2v) is 16.0. The molecule has 0 saturated heterocycles. The summed E-state index contributed by atoms with van der Waals surface area (Å²) in [6.45, 7) is 0. The minimum absolute atomic E-state index is 0.915. The lowest BCUT2D eigenvalue weighted by Gasteiger charge is -2.27. The van der Waals surface area contributed by atoms with Crippen molar-refractivity contribution in [2.75, 3.05) is 4.90 Å². The van der Waals surface area contributed by atoms with Crippen LogP contribution in [0.3, 0.4) is 0 Å². The number of fused-ring (bicyclic) bond motifs is 1. The van der Waals surface area contributed by atoms with E-state index in [0.717, 1.165) is 65.0 Å². The number of thiol groups is 1. The summed E-state index contributed by atoms with van der Waals surface area (Å²) in [4.78, 5) is 8.54. The smallest absolute Gasteiger partial charge is 0.124 e. The highest BCUT2D eigenvalue weighted by molar-refractivity contribution is 7.80. The number of anilines is 3. The number of hydrogen-bond donors (Lipinski definition) is 1. The zero-order valence-corrected chi connectivity index (χ0v) is 33.8. The molecule has 0 fully saturated rings. The van der Waals surface area contributed by atoms with E-state index in [1.54, 1.807) is 11.3 Å². The molecule has 0 radical (unpaired) electrons. The van der Waals surface area contributed by atoms with Gasteiger partial charge in [0.05, 0.1) is 10.2 Å². The summed E-state index contributed by atoms with van der Waals surface area (Å²) in [7, 11) is 0. The maximum Gasteiger partial charge on any atom is 0.124 e. The highest BCUT2D eigenvalue weighted by Crippen LogP contribution is 2.46. The monoisotopic (exact) mass is 790 g/mol. The highest BCUT2D eigenvalue weighted by Gasteiger charge is 2.21. The molecule has 0 N–H and O–H groups in total. The maximum absolute atomic E-state index is 5.27. The van der Waals surface area contributed by atoms with Crippen LogP contribution < -0.4 is 4.90 Å². The zero-order valence-electron chi connectivity index (χ0n) is 32.1. The molecule has 0 unspecified atom stereocenters. The Bertz CT molecular complexity index is 3000. The van der Waals surface area contributed by atoms with Gasteiger partial charge in [0.2, 0.25) is 0 Å². The minimum Gasteiger partial charge on any atom is -0.310 e. The molecule has 10 aromatic rings. The van der Waals surface area contributed by atoms with Gasteiger partial charge in [-0.05, 0) is 92.5 Å². The Morgan fingerprint density at radius 3 is 1.32 bits per heavy atom. The van der Waals surface area contributed by atoms with Gasteiger partial charge in [-0.2, -0.15) is 0 Å². The SMILES string of the molecule is Sc1c(-c2ccccc2)cc2sc(-c3ccccc3)nc2c1-c1ccc(N(c2ccc(-c3ccccc3)cc2)c2ccc(-c3ccccc3)c(-c3ccccc3)c2)cc1. The number of benzene rings is 9. The van der Waals surface area contributed by atoms with Gasteiger partial charge < -0.3 is 4.90 Å². The second kappa shape index (κ2) is 16.1. The average Bonchev–Trinajstić information content (AvgIpc) is 3.75. The maximum atomic E-state index is 5.27. The quantitative estimate of drug-likeness (QED) is 0.147. The molecule has 0 spiro atoms. The Kier molecular flexibility index (Phi) is 9.93. The number of rotatable bonds is 9. The van der Waals surface area contributed by atoms with Crippen molar-refractivity contribution in [3.63, 3.8) is 0 Å². The van der Waals surface area contributed by atoms with Gasteiger partial charge in [0.15, 0.2) is 0 Å². The molecule has 0 aliphatic rings. The van der Waals surface area contributed by atoms with E-state index in [9.17, 15) is 0 Å². The topological polar surface area (TPSA) is 16.1 Å². The Morgan fingerprint density at radius 1 is 0.356 bits per heavy atom. The number of nitrogens with zero attached hydrogens (tertiary/aromatic N) is 2. The Labute approximate surface area is 354 Å². The third-order valence-corrected chi connectivity index (χ3v) is 12.4. The van der Waals surface area contributed by atoms with Crippen molar-refractivity contribution in [2.24, 2.45) is 0 Å². The van der Waals surface area contributed by atoms with Crippen LogP contribution in [0.4, 0.5) is 17.1 Å². The molecule has 0 saturated carbocycles. The Balaban J connectivity index is 1.13. The molecule has 0 atom stereocenters. The fourth-order valence-corrected chi connectivity index (χ4v) is 9.37. The lowest BCUT2D eigenvalue weighted by Crippen LogP contribution is -2.10. The molecule has 280 valence electrons. The van der Waals surface area contributed by atoms with Crippen molar-refractivity contribution < 1.29 is 0 Å².